The maximum Gasteiger partial charge on any atom is 0.175 e. The molecule has 1 fully saturated rings. The Bertz CT molecular complexity index is 752. The maximum atomic E-state index is 11.7. The zero-order valence-electron chi connectivity index (χ0n) is 14.4. The van der Waals surface area contributed by atoms with Crippen LogP contribution in [0, 0.1) is 0 Å². The minimum atomic E-state index is -3.28. The largest absolute Gasteiger partial charge is 0.379 e. The SMILES string of the molecule is C=C(C=C(C)C)N1CCCOC[C@@H]1c1ccc(S(C)(=O)=O)cc1Cl. The van der Waals surface area contributed by atoms with Crippen molar-refractivity contribution in [3.63, 3.8) is 0 Å². The summed E-state index contributed by atoms with van der Waals surface area (Å²) in [4.78, 5) is 2.40. The second-order valence-electron chi connectivity index (χ2n) is 6.31. The van der Waals surface area contributed by atoms with Crippen molar-refractivity contribution in [2.24, 2.45) is 0 Å². The van der Waals surface area contributed by atoms with Crippen molar-refractivity contribution < 1.29 is 13.2 Å². The van der Waals surface area contributed by atoms with Crippen LogP contribution in [0.1, 0.15) is 31.9 Å². The molecule has 0 bridgehead atoms. The molecule has 132 valence electrons. The van der Waals surface area contributed by atoms with Gasteiger partial charge in [-0.05, 0) is 44.0 Å². The molecule has 0 N–H and O–H groups in total. The Hall–Kier alpha value is -1.30. The summed E-state index contributed by atoms with van der Waals surface area (Å²) in [6.07, 6.45) is 4.12. The molecular formula is C18H24ClNO3S. The van der Waals surface area contributed by atoms with Crippen LogP contribution in [0.3, 0.4) is 0 Å². The normalized spacial score (nSPS) is 18.8. The lowest BCUT2D eigenvalue weighted by molar-refractivity contribution is 0.112. The number of allylic oxidation sites excluding steroid dienone is 2. The average molecular weight is 370 g/mol. The van der Waals surface area contributed by atoms with E-state index in [2.05, 4.69) is 11.5 Å². The van der Waals surface area contributed by atoms with Gasteiger partial charge in [-0.2, -0.15) is 0 Å². The fourth-order valence-electron chi connectivity index (χ4n) is 2.80. The van der Waals surface area contributed by atoms with E-state index in [0.29, 0.717) is 18.2 Å². The monoisotopic (exact) mass is 369 g/mol. The highest BCUT2D eigenvalue weighted by Crippen LogP contribution is 2.33. The number of halogens is 1. The number of sulfone groups is 1. The third kappa shape index (κ3) is 4.62. The van der Waals surface area contributed by atoms with Crippen LogP contribution in [0.4, 0.5) is 0 Å². The number of ether oxygens (including phenoxy) is 1. The molecule has 1 saturated heterocycles. The zero-order chi connectivity index (χ0) is 17.9. The zero-order valence-corrected chi connectivity index (χ0v) is 16.0. The highest BCUT2D eigenvalue weighted by atomic mass is 35.5. The second-order valence-corrected chi connectivity index (χ2v) is 8.73. The van der Waals surface area contributed by atoms with Gasteiger partial charge in [0.1, 0.15) is 0 Å². The third-order valence-corrected chi connectivity index (χ3v) is 5.36. The summed E-state index contributed by atoms with van der Waals surface area (Å²) in [5.41, 5.74) is 2.94. The quantitative estimate of drug-likeness (QED) is 0.753. The molecule has 0 radical (unpaired) electrons. The van der Waals surface area contributed by atoms with Crippen molar-refractivity contribution in [3.05, 3.63) is 52.7 Å². The summed E-state index contributed by atoms with van der Waals surface area (Å²) in [5.74, 6) is 0. The molecule has 1 atom stereocenters. The van der Waals surface area contributed by atoms with Crippen LogP contribution in [0.15, 0.2) is 47.0 Å². The number of nitrogens with zero attached hydrogens (tertiary/aromatic N) is 1. The molecule has 6 heteroatoms. The van der Waals surface area contributed by atoms with Gasteiger partial charge in [-0.15, -0.1) is 0 Å². The van der Waals surface area contributed by atoms with Gasteiger partial charge in [-0.1, -0.05) is 29.8 Å². The molecule has 0 aliphatic carbocycles. The second kappa shape index (κ2) is 7.72. The third-order valence-electron chi connectivity index (χ3n) is 3.92. The summed E-state index contributed by atoms with van der Waals surface area (Å²) in [7, 11) is -3.28. The molecular weight excluding hydrogens is 346 g/mol. The Balaban J connectivity index is 2.42. The van der Waals surface area contributed by atoms with Gasteiger partial charge in [-0.3, -0.25) is 0 Å². The van der Waals surface area contributed by atoms with Gasteiger partial charge in [0.25, 0.3) is 0 Å². The van der Waals surface area contributed by atoms with E-state index < -0.39 is 9.84 Å². The number of rotatable bonds is 4. The van der Waals surface area contributed by atoms with E-state index in [1.165, 1.54) is 17.9 Å². The van der Waals surface area contributed by atoms with Gasteiger partial charge in [-0.25, -0.2) is 8.42 Å². The molecule has 0 unspecified atom stereocenters. The first kappa shape index (κ1) is 19.0. The van der Waals surface area contributed by atoms with Crippen molar-refractivity contribution >= 4 is 21.4 Å². The van der Waals surface area contributed by atoms with Gasteiger partial charge in [0, 0.05) is 30.1 Å². The molecule has 1 aromatic rings. The Morgan fingerprint density at radius 1 is 1.42 bits per heavy atom. The average Bonchev–Trinajstić information content (AvgIpc) is 2.71. The molecule has 1 aromatic carbocycles. The topological polar surface area (TPSA) is 46.6 Å². The summed E-state index contributed by atoms with van der Waals surface area (Å²) in [6, 6.07) is 4.81. The van der Waals surface area contributed by atoms with E-state index in [4.69, 9.17) is 16.3 Å². The van der Waals surface area contributed by atoms with E-state index in [1.54, 1.807) is 12.1 Å². The minimum absolute atomic E-state index is 0.0864. The molecule has 0 aromatic heterocycles. The van der Waals surface area contributed by atoms with Crippen LogP contribution in [0.2, 0.25) is 5.02 Å². The number of hydrogen-bond acceptors (Lipinski definition) is 4. The fraction of sp³-hybridized carbons (Fsp3) is 0.444. The van der Waals surface area contributed by atoms with E-state index in [0.717, 1.165) is 24.2 Å². The minimum Gasteiger partial charge on any atom is -0.379 e. The molecule has 0 amide bonds. The standard InChI is InChI=1S/C18H24ClNO3S/c1-13(2)10-14(3)20-8-5-9-23-12-18(20)16-7-6-15(11-17(16)19)24(4,21)22/h6-7,10-11,18H,3,5,8-9,12H2,1-2,4H3/t18-/m1/s1. The van der Waals surface area contributed by atoms with Gasteiger partial charge < -0.3 is 9.64 Å². The van der Waals surface area contributed by atoms with E-state index in [-0.39, 0.29) is 10.9 Å². The fourth-order valence-corrected chi connectivity index (χ4v) is 3.82. The lowest BCUT2D eigenvalue weighted by atomic mass is 10.0. The summed E-state index contributed by atoms with van der Waals surface area (Å²) in [5, 5.41) is 0.434. The number of hydrogen-bond donors (Lipinski definition) is 0. The van der Waals surface area contributed by atoms with Gasteiger partial charge >= 0.3 is 0 Å². The number of benzene rings is 1. The van der Waals surface area contributed by atoms with Gasteiger partial charge in [0.05, 0.1) is 17.5 Å². The van der Waals surface area contributed by atoms with E-state index in [9.17, 15) is 8.42 Å². The molecule has 1 aliphatic rings. The molecule has 24 heavy (non-hydrogen) atoms. The molecule has 1 heterocycles. The predicted molar refractivity (Wildman–Crippen MR) is 98.0 cm³/mol. The molecule has 4 nitrogen and oxygen atoms in total. The molecule has 1 aliphatic heterocycles. The molecule has 2 rings (SSSR count). The van der Waals surface area contributed by atoms with E-state index in [1.807, 2.05) is 19.9 Å². The smallest absolute Gasteiger partial charge is 0.175 e. The lowest BCUT2D eigenvalue weighted by Crippen LogP contribution is -2.29. The highest BCUT2D eigenvalue weighted by Gasteiger charge is 2.26. The van der Waals surface area contributed by atoms with Crippen LogP contribution >= 0.6 is 11.6 Å². The van der Waals surface area contributed by atoms with Crippen LogP contribution in [0.5, 0.6) is 0 Å². The van der Waals surface area contributed by atoms with Crippen LogP contribution in [0.25, 0.3) is 0 Å². The molecule has 0 saturated carbocycles. The first-order valence-corrected chi connectivity index (χ1v) is 10.1. The molecule has 0 spiro atoms. The Kier molecular flexibility index (Phi) is 6.12. The van der Waals surface area contributed by atoms with E-state index >= 15 is 0 Å². The Morgan fingerprint density at radius 3 is 2.71 bits per heavy atom. The Labute approximate surface area is 149 Å². The van der Waals surface area contributed by atoms with Crippen molar-refractivity contribution in [2.75, 3.05) is 26.0 Å². The first-order valence-electron chi connectivity index (χ1n) is 7.88. The summed E-state index contributed by atoms with van der Waals surface area (Å²) >= 11 is 6.41. The van der Waals surface area contributed by atoms with Gasteiger partial charge in [0.15, 0.2) is 9.84 Å². The van der Waals surface area contributed by atoms with Crippen LogP contribution in [-0.2, 0) is 14.6 Å². The summed E-state index contributed by atoms with van der Waals surface area (Å²) in [6.45, 7) is 10.2. The Morgan fingerprint density at radius 2 is 2.12 bits per heavy atom. The van der Waals surface area contributed by atoms with Crippen molar-refractivity contribution in [1.82, 2.24) is 4.90 Å². The predicted octanol–water partition coefficient (Wildman–Crippen LogP) is 3.99. The van der Waals surface area contributed by atoms with Crippen LogP contribution < -0.4 is 0 Å². The van der Waals surface area contributed by atoms with Crippen molar-refractivity contribution in [1.29, 1.82) is 0 Å². The van der Waals surface area contributed by atoms with Crippen molar-refractivity contribution in [2.45, 2.75) is 31.2 Å². The van der Waals surface area contributed by atoms with Crippen molar-refractivity contribution in [3.8, 4) is 0 Å². The van der Waals surface area contributed by atoms with Crippen LogP contribution in [-0.4, -0.2) is 39.3 Å². The maximum absolute atomic E-state index is 11.7. The first-order chi connectivity index (χ1) is 11.2. The summed E-state index contributed by atoms with van der Waals surface area (Å²) < 4.78 is 29.1. The van der Waals surface area contributed by atoms with Gasteiger partial charge in [0.2, 0.25) is 0 Å². The lowest BCUT2D eigenvalue weighted by Gasteiger charge is -2.33. The highest BCUT2D eigenvalue weighted by molar-refractivity contribution is 7.90.